The molecule has 0 aliphatic rings. The number of amides is 1. The molecule has 90 valence electrons. The summed E-state index contributed by atoms with van der Waals surface area (Å²) < 4.78 is 0. The van der Waals surface area contributed by atoms with Gasteiger partial charge in [0.1, 0.15) is 10.1 Å². The smallest absolute Gasteiger partial charge is 0.349 e. The summed E-state index contributed by atoms with van der Waals surface area (Å²) in [5.41, 5.74) is 0.385. The molecule has 1 amide bonds. The van der Waals surface area contributed by atoms with Crippen molar-refractivity contribution in [3.05, 3.63) is 39.4 Å². The van der Waals surface area contributed by atoms with Crippen LogP contribution < -0.4 is 5.32 Å². The summed E-state index contributed by atoms with van der Waals surface area (Å²) in [6, 6.07) is 6.30. The number of carboxylic acids is 1. The lowest BCUT2D eigenvalue weighted by molar-refractivity contribution is -0.132. The van der Waals surface area contributed by atoms with E-state index in [1.165, 1.54) is 6.07 Å². The van der Waals surface area contributed by atoms with Gasteiger partial charge < -0.3 is 10.4 Å². The van der Waals surface area contributed by atoms with E-state index in [1.807, 2.05) is 0 Å². The van der Waals surface area contributed by atoms with Gasteiger partial charge in [0, 0.05) is 10.7 Å². The molecule has 1 aromatic rings. The number of carbonyl (C=O) groups excluding carboxylic acids is 1. The topological polar surface area (TPSA) is 66.4 Å². The molecule has 0 radical (unpaired) electrons. The van der Waals surface area contributed by atoms with Crippen LogP contribution in [0, 0.1) is 0 Å². The van der Waals surface area contributed by atoms with Crippen LogP contribution in [0.3, 0.4) is 0 Å². The lowest BCUT2D eigenvalue weighted by Gasteiger charge is -2.04. The van der Waals surface area contributed by atoms with Gasteiger partial charge in [0.05, 0.1) is 0 Å². The van der Waals surface area contributed by atoms with Crippen molar-refractivity contribution in [2.24, 2.45) is 0 Å². The predicted molar refractivity (Wildman–Crippen MR) is 66.4 cm³/mol. The van der Waals surface area contributed by atoms with E-state index >= 15 is 0 Å². The number of hydrogen-bond donors (Lipinski definition) is 2. The van der Waals surface area contributed by atoms with Crippen LogP contribution in [0.5, 0.6) is 0 Å². The molecule has 1 rings (SSSR count). The average Bonchev–Trinajstić information content (AvgIpc) is 2.26. The highest BCUT2D eigenvalue weighted by Crippen LogP contribution is 2.19. The van der Waals surface area contributed by atoms with E-state index in [-0.39, 0.29) is 0 Å². The first kappa shape index (κ1) is 13.8. The number of anilines is 1. The number of aliphatic carboxylic acids is 1. The van der Waals surface area contributed by atoms with Crippen LogP contribution in [0.25, 0.3) is 0 Å². The summed E-state index contributed by atoms with van der Waals surface area (Å²) in [5, 5.41) is 9.97. The van der Waals surface area contributed by atoms with E-state index in [4.69, 9.17) is 39.9 Å². The van der Waals surface area contributed by atoms with Gasteiger partial charge in [-0.2, -0.15) is 0 Å². The van der Waals surface area contributed by atoms with Crippen LogP contribution in [0.4, 0.5) is 5.69 Å². The minimum Gasteiger partial charge on any atom is -0.477 e. The summed E-state index contributed by atoms with van der Waals surface area (Å²) >= 11 is 16.5. The van der Waals surface area contributed by atoms with Crippen molar-refractivity contribution in [3.8, 4) is 0 Å². The summed E-state index contributed by atoms with van der Waals surface area (Å²) in [5.74, 6) is -2.29. The molecular formula is C10H6Cl3NO3. The molecule has 0 atom stereocenters. The van der Waals surface area contributed by atoms with Crippen LogP contribution >= 0.6 is 34.8 Å². The largest absolute Gasteiger partial charge is 0.477 e. The number of nitrogens with one attached hydrogen (secondary N) is 1. The average molecular weight is 295 g/mol. The fourth-order valence-electron chi connectivity index (χ4n) is 0.946. The van der Waals surface area contributed by atoms with E-state index in [1.54, 1.807) is 18.2 Å². The van der Waals surface area contributed by atoms with Gasteiger partial charge >= 0.3 is 5.97 Å². The summed E-state index contributed by atoms with van der Waals surface area (Å²) in [6.07, 6.45) is 0. The van der Waals surface area contributed by atoms with E-state index in [9.17, 15) is 9.59 Å². The van der Waals surface area contributed by atoms with Crippen molar-refractivity contribution in [1.82, 2.24) is 0 Å². The Balaban J connectivity index is 2.87. The second-order valence-electron chi connectivity index (χ2n) is 2.90. The van der Waals surface area contributed by atoms with Gasteiger partial charge in [0.2, 0.25) is 0 Å². The SMILES string of the molecule is O=C(O)/C(Cl)=C(/Cl)C(=O)Nc1cccc(Cl)c1. The molecule has 0 fully saturated rings. The van der Waals surface area contributed by atoms with E-state index < -0.39 is 21.9 Å². The third-order valence-electron chi connectivity index (χ3n) is 1.66. The van der Waals surface area contributed by atoms with Crippen molar-refractivity contribution in [2.45, 2.75) is 0 Å². The quantitative estimate of drug-likeness (QED) is 0.842. The molecule has 0 saturated heterocycles. The molecule has 2 N–H and O–H groups in total. The Morgan fingerprint density at radius 1 is 1.18 bits per heavy atom. The zero-order valence-electron chi connectivity index (χ0n) is 8.21. The van der Waals surface area contributed by atoms with Gasteiger partial charge in [0.25, 0.3) is 5.91 Å². The summed E-state index contributed by atoms with van der Waals surface area (Å²) in [4.78, 5) is 22.0. The monoisotopic (exact) mass is 293 g/mol. The Morgan fingerprint density at radius 2 is 1.82 bits per heavy atom. The lowest BCUT2D eigenvalue weighted by Crippen LogP contribution is -2.14. The maximum Gasteiger partial charge on any atom is 0.349 e. The second-order valence-corrected chi connectivity index (χ2v) is 4.09. The van der Waals surface area contributed by atoms with Gasteiger partial charge in [-0.25, -0.2) is 4.79 Å². The Morgan fingerprint density at radius 3 is 2.35 bits per heavy atom. The Bertz CT molecular complexity index is 499. The molecular weight excluding hydrogens is 288 g/mol. The highest BCUT2D eigenvalue weighted by Gasteiger charge is 2.17. The Labute approximate surface area is 112 Å². The summed E-state index contributed by atoms with van der Waals surface area (Å²) in [6.45, 7) is 0. The van der Waals surface area contributed by atoms with Crippen LogP contribution in [0.15, 0.2) is 34.3 Å². The van der Waals surface area contributed by atoms with Crippen molar-refractivity contribution in [3.63, 3.8) is 0 Å². The zero-order valence-corrected chi connectivity index (χ0v) is 10.5. The minimum absolute atomic E-state index is 0.385. The number of carbonyl (C=O) groups is 2. The second kappa shape index (κ2) is 5.91. The van der Waals surface area contributed by atoms with Gasteiger partial charge in [-0.3, -0.25) is 4.79 Å². The normalized spacial score (nSPS) is 11.7. The number of carboxylic acid groups (broad SMARTS) is 1. The fourth-order valence-corrected chi connectivity index (χ4v) is 1.35. The lowest BCUT2D eigenvalue weighted by atomic mass is 10.3. The molecule has 17 heavy (non-hydrogen) atoms. The van der Waals surface area contributed by atoms with E-state index in [0.717, 1.165) is 0 Å². The number of benzene rings is 1. The van der Waals surface area contributed by atoms with Crippen LogP contribution in [0.2, 0.25) is 5.02 Å². The molecule has 0 saturated carbocycles. The highest BCUT2D eigenvalue weighted by atomic mass is 35.5. The fraction of sp³-hybridized carbons (Fsp3) is 0. The number of halogens is 3. The molecule has 0 spiro atoms. The van der Waals surface area contributed by atoms with Crippen LogP contribution in [0.1, 0.15) is 0 Å². The maximum absolute atomic E-state index is 11.5. The summed E-state index contributed by atoms with van der Waals surface area (Å²) in [7, 11) is 0. The van der Waals surface area contributed by atoms with Crippen molar-refractivity contribution in [2.75, 3.05) is 5.32 Å². The molecule has 7 heteroatoms. The minimum atomic E-state index is -1.47. The molecule has 0 aromatic heterocycles. The molecule has 4 nitrogen and oxygen atoms in total. The number of rotatable bonds is 3. The first-order valence-electron chi connectivity index (χ1n) is 4.27. The molecule has 0 unspecified atom stereocenters. The predicted octanol–water partition coefficient (Wildman–Crippen LogP) is 3.05. The van der Waals surface area contributed by atoms with Gasteiger partial charge in [-0.15, -0.1) is 0 Å². The van der Waals surface area contributed by atoms with Gasteiger partial charge in [0.15, 0.2) is 0 Å². The van der Waals surface area contributed by atoms with Crippen LogP contribution in [-0.2, 0) is 9.59 Å². The van der Waals surface area contributed by atoms with Crippen molar-refractivity contribution >= 4 is 52.4 Å². The standard InChI is InChI=1S/C10H6Cl3NO3/c11-5-2-1-3-6(4-5)14-9(15)7(12)8(13)10(16)17/h1-4H,(H,14,15)(H,16,17)/b8-7-. The molecule has 0 aliphatic carbocycles. The van der Waals surface area contributed by atoms with Crippen molar-refractivity contribution < 1.29 is 14.7 Å². The van der Waals surface area contributed by atoms with Gasteiger partial charge in [-0.1, -0.05) is 40.9 Å². The molecule has 0 heterocycles. The Hall–Kier alpha value is -1.23. The molecule has 1 aromatic carbocycles. The first-order valence-corrected chi connectivity index (χ1v) is 5.40. The maximum atomic E-state index is 11.5. The third-order valence-corrected chi connectivity index (χ3v) is 2.71. The molecule has 0 bridgehead atoms. The van der Waals surface area contributed by atoms with Crippen molar-refractivity contribution in [1.29, 1.82) is 0 Å². The number of hydrogen-bond acceptors (Lipinski definition) is 2. The van der Waals surface area contributed by atoms with Gasteiger partial charge in [-0.05, 0) is 18.2 Å². The Kier molecular flexibility index (Phi) is 4.81. The van der Waals surface area contributed by atoms with Crippen LogP contribution in [-0.4, -0.2) is 17.0 Å². The third kappa shape index (κ3) is 3.93. The zero-order chi connectivity index (χ0) is 13.0. The first-order chi connectivity index (χ1) is 7.91. The molecule has 0 aliphatic heterocycles. The van der Waals surface area contributed by atoms with E-state index in [0.29, 0.717) is 10.7 Å². The van der Waals surface area contributed by atoms with E-state index in [2.05, 4.69) is 5.32 Å². The highest BCUT2D eigenvalue weighted by molar-refractivity contribution is 6.54.